The first-order chi connectivity index (χ1) is 14.2. The molecule has 0 N–H and O–H groups in total. The molecule has 4 heterocycles. The highest BCUT2D eigenvalue weighted by Crippen LogP contribution is 2.35. The fourth-order valence-corrected chi connectivity index (χ4v) is 4.28. The summed E-state index contributed by atoms with van der Waals surface area (Å²) in [6, 6.07) is 14.4. The number of carbonyl (C=O) groups is 1. The first-order valence-corrected chi connectivity index (χ1v) is 9.99. The number of hydrogen-bond donors (Lipinski definition) is 0. The maximum absolute atomic E-state index is 13.1. The molecule has 0 saturated carbocycles. The molecule has 1 aromatic carbocycles. The lowest BCUT2D eigenvalue weighted by molar-refractivity contribution is -0.133. The molecular weight excluding hydrogens is 388 g/mol. The van der Waals surface area contributed by atoms with Gasteiger partial charge >= 0.3 is 0 Å². The highest BCUT2D eigenvalue weighted by Gasteiger charge is 2.34. The minimum absolute atomic E-state index is 0.131. The van der Waals surface area contributed by atoms with E-state index in [1.54, 1.807) is 41.9 Å². The van der Waals surface area contributed by atoms with Crippen LogP contribution in [0.25, 0.3) is 10.9 Å². The Labute approximate surface area is 169 Å². The van der Waals surface area contributed by atoms with Crippen molar-refractivity contribution in [1.82, 2.24) is 14.6 Å². The van der Waals surface area contributed by atoms with Crippen LogP contribution in [-0.2, 0) is 11.3 Å². The van der Waals surface area contributed by atoms with E-state index in [-0.39, 0.29) is 24.1 Å². The third kappa shape index (κ3) is 3.17. The highest BCUT2D eigenvalue weighted by atomic mass is 32.1. The molecule has 0 radical (unpaired) electrons. The zero-order valence-electron chi connectivity index (χ0n) is 15.3. The van der Waals surface area contributed by atoms with Gasteiger partial charge in [0.15, 0.2) is 0 Å². The molecule has 5 rings (SSSR count). The summed E-state index contributed by atoms with van der Waals surface area (Å²) in [5, 5.41) is 8.46. The average molecular weight is 404 g/mol. The molecule has 1 aliphatic rings. The summed E-state index contributed by atoms with van der Waals surface area (Å²) in [7, 11) is 0. The lowest BCUT2D eigenvalue weighted by atomic mass is 10.1. The maximum atomic E-state index is 13.1. The maximum Gasteiger partial charge on any atom is 0.263 e. The Balaban J connectivity index is 1.48. The number of benzene rings is 1. The van der Waals surface area contributed by atoms with Crippen LogP contribution in [-0.4, -0.2) is 26.2 Å². The molecule has 0 aliphatic carbocycles. The zero-order valence-corrected chi connectivity index (χ0v) is 16.1. The molecule has 0 unspecified atom stereocenters. The topological polar surface area (TPSA) is 80.7 Å². The molecule has 8 heteroatoms. The number of rotatable bonds is 4. The first-order valence-electron chi connectivity index (χ1n) is 9.12. The van der Waals surface area contributed by atoms with Crippen LogP contribution in [0.5, 0.6) is 0 Å². The van der Waals surface area contributed by atoms with Gasteiger partial charge < -0.3 is 4.42 Å². The molecule has 3 aromatic heterocycles. The van der Waals surface area contributed by atoms with Crippen molar-refractivity contribution in [2.75, 3.05) is 0 Å². The van der Waals surface area contributed by atoms with Crippen molar-refractivity contribution in [2.24, 2.45) is 5.10 Å². The second kappa shape index (κ2) is 7.14. The van der Waals surface area contributed by atoms with Crippen LogP contribution < -0.4 is 5.56 Å². The second-order valence-electron chi connectivity index (χ2n) is 6.69. The molecule has 0 spiro atoms. The Hall–Kier alpha value is -3.52. The number of carbonyl (C=O) groups excluding carboxylic acids is 1. The smallest absolute Gasteiger partial charge is 0.263 e. The number of nitrogens with zero attached hydrogens (tertiary/aromatic N) is 4. The van der Waals surface area contributed by atoms with Crippen molar-refractivity contribution < 1.29 is 9.21 Å². The van der Waals surface area contributed by atoms with E-state index in [2.05, 4.69) is 10.1 Å². The quantitative estimate of drug-likeness (QED) is 0.522. The molecule has 0 bridgehead atoms. The molecule has 0 saturated heterocycles. The van der Waals surface area contributed by atoms with Crippen LogP contribution in [0, 0.1) is 0 Å². The van der Waals surface area contributed by atoms with Crippen molar-refractivity contribution in [3.8, 4) is 0 Å². The summed E-state index contributed by atoms with van der Waals surface area (Å²) in [5.74, 6) is 0.371. The molecule has 1 atom stereocenters. The Morgan fingerprint density at radius 1 is 1.17 bits per heavy atom. The Morgan fingerprint density at radius 3 is 2.86 bits per heavy atom. The SMILES string of the molecule is O=C(Cn1cnc2ccccc2c1=O)N1N=C(c2ccco2)C[C@H]1c1cccs1. The van der Waals surface area contributed by atoms with Gasteiger partial charge in [0, 0.05) is 11.3 Å². The molecular formula is C21H16N4O3S. The summed E-state index contributed by atoms with van der Waals surface area (Å²) >= 11 is 1.57. The molecule has 29 heavy (non-hydrogen) atoms. The van der Waals surface area contributed by atoms with Crippen LogP contribution in [0.1, 0.15) is 23.1 Å². The average Bonchev–Trinajstić information content (AvgIpc) is 3.50. The van der Waals surface area contributed by atoms with E-state index in [0.717, 1.165) is 4.88 Å². The number of para-hydroxylation sites is 1. The minimum atomic E-state index is -0.274. The monoisotopic (exact) mass is 404 g/mol. The van der Waals surface area contributed by atoms with Crippen LogP contribution in [0.3, 0.4) is 0 Å². The summed E-state index contributed by atoms with van der Waals surface area (Å²) < 4.78 is 6.80. The Kier molecular flexibility index (Phi) is 4.33. The van der Waals surface area contributed by atoms with E-state index < -0.39 is 0 Å². The van der Waals surface area contributed by atoms with E-state index >= 15 is 0 Å². The van der Waals surface area contributed by atoms with Crippen molar-refractivity contribution in [2.45, 2.75) is 19.0 Å². The molecule has 144 valence electrons. The van der Waals surface area contributed by atoms with Crippen molar-refractivity contribution >= 4 is 33.9 Å². The van der Waals surface area contributed by atoms with Crippen molar-refractivity contribution in [3.05, 3.63) is 87.5 Å². The normalized spacial score (nSPS) is 16.3. The summed E-state index contributed by atoms with van der Waals surface area (Å²) in [5.41, 5.74) is 1.08. The minimum Gasteiger partial charge on any atom is -0.463 e. The van der Waals surface area contributed by atoms with E-state index in [1.807, 2.05) is 29.6 Å². The number of hydrazone groups is 1. The van der Waals surface area contributed by atoms with Gasteiger partial charge in [-0.3, -0.25) is 14.2 Å². The van der Waals surface area contributed by atoms with Gasteiger partial charge in [-0.2, -0.15) is 5.10 Å². The van der Waals surface area contributed by atoms with Gasteiger partial charge in [0.1, 0.15) is 18.0 Å². The fourth-order valence-electron chi connectivity index (χ4n) is 3.47. The number of thiophene rings is 1. The zero-order chi connectivity index (χ0) is 19.8. The van der Waals surface area contributed by atoms with Gasteiger partial charge in [0.05, 0.1) is 29.5 Å². The highest BCUT2D eigenvalue weighted by molar-refractivity contribution is 7.10. The predicted molar refractivity (Wildman–Crippen MR) is 110 cm³/mol. The van der Waals surface area contributed by atoms with Crippen LogP contribution >= 0.6 is 11.3 Å². The Bertz CT molecular complexity index is 1260. The number of amides is 1. The lowest BCUT2D eigenvalue weighted by Gasteiger charge is -2.21. The third-order valence-electron chi connectivity index (χ3n) is 4.88. The molecule has 7 nitrogen and oxygen atoms in total. The van der Waals surface area contributed by atoms with Gasteiger partial charge in [-0.25, -0.2) is 9.99 Å². The summed E-state index contributed by atoms with van der Waals surface area (Å²) in [6.45, 7) is -0.131. The van der Waals surface area contributed by atoms with E-state index in [9.17, 15) is 9.59 Å². The van der Waals surface area contributed by atoms with Gasteiger partial charge in [-0.05, 0) is 35.7 Å². The number of hydrogen-bond acceptors (Lipinski definition) is 6. The second-order valence-corrected chi connectivity index (χ2v) is 7.67. The Morgan fingerprint density at radius 2 is 2.07 bits per heavy atom. The van der Waals surface area contributed by atoms with E-state index in [4.69, 9.17) is 4.42 Å². The van der Waals surface area contributed by atoms with Crippen molar-refractivity contribution in [1.29, 1.82) is 0 Å². The van der Waals surface area contributed by atoms with Crippen molar-refractivity contribution in [3.63, 3.8) is 0 Å². The summed E-state index contributed by atoms with van der Waals surface area (Å²) in [6.07, 6.45) is 3.56. The molecule has 1 aliphatic heterocycles. The van der Waals surface area contributed by atoms with Crippen LogP contribution in [0.2, 0.25) is 0 Å². The lowest BCUT2D eigenvalue weighted by Crippen LogP contribution is -2.33. The van der Waals surface area contributed by atoms with E-state index in [1.165, 1.54) is 15.9 Å². The molecule has 4 aromatic rings. The third-order valence-corrected chi connectivity index (χ3v) is 5.85. The van der Waals surface area contributed by atoms with Gasteiger partial charge in [0.25, 0.3) is 11.5 Å². The summed E-state index contributed by atoms with van der Waals surface area (Å²) in [4.78, 5) is 31.2. The first kappa shape index (κ1) is 17.6. The molecule has 1 amide bonds. The van der Waals surface area contributed by atoms with E-state index in [0.29, 0.717) is 28.8 Å². The number of fused-ring (bicyclic) bond motifs is 1. The van der Waals surface area contributed by atoms with Crippen LogP contribution in [0.4, 0.5) is 0 Å². The van der Waals surface area contributed by atoms with Gasteiger partial charge in [-0.1, -0.05) is 18.2 Å². The van der Waals surface area contributed by atoms with Crippen LogP contribution in [0.15, 0.2) is 80.8 Å². The predicted octanol–water partition coefficient (Wildman–Crippen LogP) is 3.43. The number of furan rings is 1. The molecule has 0 fully saturated rings. The number of aromatic nitrogens is 2. The van der Waals surface area contributed by atoms with Gasteiger partial charge in [-0.15, -0.1) is 11.3 Å². The standard InChI is InChI=1S/C21H16N4O3S/c26-20(12-24-13-22-15-6-2-1-5-14(15)21(24)27)25-17(19-8-4-10-29-19)11-16(23-25)18-7-3-9-28-18/h1-10,13,17H,11-12H2/t17-/m0/s1. The fraction of sp³-hybridized carbons (Fsp3) is 0.143. The van der Waals surface area contributed by atoms with Gasteiger partial charge in [0.2, 0.25) is 0 Å². The largest absolute Gasteiger partial charge is 0.463 e.